The zero-order valence-corrected chi connectivity index (χ0v) is 20.5. The maximum absolute atomic E-state index is 13.8. The molecular formula is C25H22Br2N2O2. The molecule has 0 saturated heterocycles. The largest absolute Gasteiger partial charge is 0.489 e. The van der Waals surface area contributed by atoms with Gasteiger partial charge >= 0.3 is 0 Å². The van der Waals surface area contributed by atoms with Gasteiger partial charge in [0.05, 0.1) is 11.2 Å². The number of nitrogens with zero attached hydrogens (tertiary/aromatic N) is 2. The number of ether oxygens (including phenoxy) is 1. The molecule has 0 aliphatic carbocycles. The zero-order valence-electron chi connectivity index (χ0n) is 17.3. The Bertz CT molecular complexity index is 1220. The smallest absolute Gasteiger partial charge is 0.263 e. The number of aromatic nitrogens is 1. The van der Waals surface area contributed by atoms with Crippen molar-refractivity contribution in [1.29, 1.82) is 0 Å². The van der Waals surface area contributed by atoms with E-state index in [1.165, 1.54) is 0 Å². The molecule has 0 aliphatic heterocycles. The maximum atomic E-state index is 13.8. The third-order valence-corrected chi connectivity index (χ3v) is 6.05. The Hall–Kier alpha value is -2.41. The van der Waals surface area contributed by atoms with E-state index in [2.05, 4.69) is 36.8 Å². The van der Waals surface area contributed by atoms with Crippen LogP contribution >= 0.6 is 31.9 Å². The maximum Gasteiger partial charge on any atom is 0.263 e. The van der Waals surface area contributed by atoms with Crippen molar-refractivity contribution in [2.45, 2.75) is 0 Å². The highest BCUT2D eigenvalue weighted by Crippen LogP contribution is 2.44. The predicted octanol–water partition coefficient (Wildman–Crippen LogP) is 6.46. The molecule has 31 heavy (non-hydrogen) atoms. The Morgan fingerprint density at radius 2 is 1.61 bits per heavy atom. The van der Waals surface area contributed by atoms with E-state index in [0.29, 0.717) is 17.9 Å². The summed E-state index contributed by atoms with van der Waals surface area (Å²) in [6.45, 7) is 1.28. The first-order valence-electron chi connectivity index (χ1n) is 9.93. The van der Waals surface area contributed by atoms with Crippen LogP contribution in [0, 0.1) is 0 Å². The normalized spacial score (nSPS) is 11.3. The summed E-state index contributed by atoms with van der Waals surface area (Å²) < 4.78 is 9.83. The van der Waals surface area contributed by atoms with Crippen LogP contribution in [-0.4, -0.2) is 42.6 Å². The van der Waals surface area contributed by atoms with Crippen molar-refractivity contribution in [3.8, 4) is 17.0 Å². The molecule has 1 heterocycles. The van der Waals surface area contributed by atoms with Crippen molar-refractivity contribution >= 4 is 48.7 Å². The number of rotatable bonds is 6. The number of hydrogen-bond acceptors (Lipinski definition) is 3. The molecule has 0 unspecified atom stereocenters. The van der Waals surface area contributed by atoms with Crippen LogP contribution in [0.3, 0.4) is 0 Å². The van der Waals surface area contributed by atoms with Crippen molar-refractivity contribution < 1.29 is 9.53 Å². The van der Waals surface area contributed by atoms with Gasteiger partial charge in [-0.1, -0.05) is 64.5 Å². The summed E-state index contributed by atoms with van der Waals surface area (Å²) in [5, 5.41) is 0.878. The monoisotopic (exact) mass is 540 g/mol. The number of hydrogen-bond donors (Lipinski definition) is 0. The van der Waals surface area contributed by atoms with Gasteiger partial charge in [-0.2, -0.15) is 0 Å². The van der Waals surface area contributed by atoms with E-state index in [0.717, 1.165) is 37.7 Å². The summed E-state index contributed by atoms with van der Waals surface area (Å²) in [7, 11) is 4.02. The van der Waals surface area contributed by atoms with Crippen LogP contribution in [0.4, 0.5) is 0 Å². The number of likely N-dealkylation sites (N-methyl/N-ethyl adjacent to an activating group) is 1. The molecule has 0 radical (unpaired) electrons. The molecule has 0 amide bonds. The van der Waals surface area contributed by atoms with Gasteiger partial charge in [-0.05, 0) is 54.3 Å². The van der Waals surface area contributed by atoms with E-state index >= 15 is 0 Å². The number of halogens is 2. The lowest BCUT2D eigenvalue weighted by molar-refractivity contribution is 0.0966. The molecule has 158 valence electrons. The molecule has 1 aromatic heterocycles. The summed E-state index contributed by atoms with van der Waals surface area (Å²) in [6, 6.07) is 23.2. The first-order valence-corrected chi connectivity index (χ1v) is 11.5. The van der Waals surface area contributed by atoms with Crippen LogP contribution in [-0.2, 0) is 0 Å². The van der Waals surface area contributed by atoms with Crippen molar-refractivity contribution in [3.05, 3.63) is 87.3 Å². The molecule has 0 atom stereocenters. The van der Waals surface area contributed by atoms with E-state index in [4.69, 9.17) is 4.74 Å². The average molecular weight is 542 g/mol. The highest BCUT2D eigenvalue weighted by atomic mass is 79.9. The lowest BCUT2D eigenvalue weighted by atomic mass is 10.1. The Morgan fingerprint density at radius 1 is 0.968 bits per heavy atom. The van der Waals surface area contributed by atoms with Gasteiger partial charge in [-0.3, -0.25) is 9.36 Å². The van der Waals surface area contributed by atoms with Gasteiger partial charge in [0.2, 0.25) is 0 Å². The summed E-state index contributed by atoms with van der Waals surface area (Å²) >= 11 is 7.28. The van der Waals surface area contributed by atoms with Gasteiger partial charge in [0.1, 0.15) is 6.61 Å². The van der Waals surface area contributed by atoms with Crippen LogP contribution in [0.5, 0.6) is 5.75 Å². The van der Waals surface area contributed by atoms with Gasteiger partial charge in [0.15, 0.2) is 5.75 Å². The zero-order chi connectivity index (χ0) is 22.0. The highest BCUT2D eigenvalue weighted by Gasteiger charge is 2.26. The molecule has 0 N–H and O–H groups in total. The quantitative estimate of drug-likeness (QED) is 0.281. The van der Waals surface area contributed by atoms with E-state index in [9.17, 15) is 4.79 Å². The molecule has 6 heteroatoms. The minimum Gasteiger partial charge on any atom is -0.489 e. The average Bonchev–Trinajstić information content (AvgIpc) is 3.08. The fourth-order valence-corrected chi connectivity index (χ4v) is 4.96. The molecule has 0 fully saturated rings. The van der Waals surface area contributed by atoms with Crippen LogP contribution in [0.1, 0.15) is 10.4 Å². The standard InChI is InChI=1S/C25H22Br2N2O2/c1-28(2)13-14-31-24-20-15-19(26)16-21(27)23(20)29(22(24)17-9-5-3-6-10-17)25(30)18-11-7-4-8-12-18/h3-12,15-16H,13-14H2,1-2H3. The third-order valence-electron chi connectivity index (χ3n) is 4.99. The number of carbonyl (C=O) groups is 1. The molecule has 0 spiro atoms. The predicted molar refractivity (Wildman–Crippen MR) is 133 cm³/mol. The topological polar surface area (TPSA) is 34.5 Å². The third kappa shape index (κ3) is 4.47. The minimum absolute atomic E-state index is 0.102. The Balaban J connectivity index is 2.03. The lowest BCUT2D eigenvalue weighted by Crippen LogP contribution is -2.19. The second-order valence-corrected chi connectivity index (χ2v) is 9.26. The van der Waals surface area contributed by atoms with Crippen molar-refractivity contribution in [3.63, 3.8) is 0 Å². The fraction of sp³-hybridized carbons (Fsp3) is 0.160. The van der Waals surface area contributed by atoms with Gasteiger partial charge in [0, 0.05) is 32.0 Å². The first-order chi connectivity index (χ1) is 15.0. The molecule has 0 bridgehead atoms. The van der Waals surface area contributed by atoms with E-state index in [-0.39, 0.29) is 5.91 Å². The second kappa shape index (κ2) is 9.39. The second-order valence-electron chi connectivity index (χ2n) is 7.49. The van der Waals surface area contributed by atoms with Crippen LogP contribution in [0.2, 0.25) is 0 Å². The summed E-state index contributed by atoms with van der Waals surface area (Å²) in [5.41, 5.74) is 3.08. The van der Waals surface area contributed by atoms with E-state index in [1.807, 2.05) is 86.9 Å². The van der Waals surface area contributed by atoms with Crippen molar-refractivity contribution in [1.82, 2.24) is 9.47 Å². The minimum atomic E-state index is -0.102. The number of benzene rings is 3. The molecule has 4 aromatic rings. The number of fused-ring (bicyclic) bond motifs is 1. The van der Waals surface area contributed by atoms with Crippen LogP contribution < -0.4 is 4.74 Å². The Labute approximate surface area is 198 Å². The molecule has 3 aromatic carbocycles. The van der Waals surface area contributed by atoms with Crippen molar-refractivity contribution in [2.75, 3.05) is 27.2 Å². The number of carbonyl (C=O) groups excluding carboxylic acids is 1. The molecular weight excluding hydrogens is 520 g/mol. The first kappa shape index (κ1) is 21.8. The van der Waals surface area contributed by atoms with E-state index < -0.39 is 0 Å². The lowest BCUT2D eigenvalue weighted by Gasteiger charge is -2.14. The molecule has 4 rings (SSSR count). The summed E-state index contributed by atoms with van der Waals surface area (Å²) in [5.74, 6) is 0.601. The van der Waals surface area contributed by atoms with Crippen LogP contribution in [0.25, 0.3) is 22.2 Å². The van der Waals surface area contributed by atoms with Gasteiger partial charge in [-0.25, -0.2) is 0 Å². The van der Waals surface area contributed by atoms with E-state index in [1.54, 1.807) is 4.57 Å². The van der Waals surface area contributed by atoms with Crippen molar-refractivity contribution in [2.24, 2.45) is 0 Å². The van der Waals surface area contributed by atoms with Crippen LogP contribution in [0.15, 0.2) is 81.7 Å². The fourth-order valence-electron chi connectivity index (χ4n) is 3.55. The van der Waals surface area contributed by atoms with Gasteiger partial charge < -0.3 is 9.64 Å². The Kier molecular flexibility index (Phi) is 6.60. The molecule has 4 nitrogen and oxygen atoms in total. The summed E-state index contributed by atoms with van der Waals surface area (Å²) in [4.78, 5) is 15.8. The summed E-state index contributed by atoms with van der Waals surface area (Å²) in [6.07, 6.45) is 0. The SMILES string of the molecule is CN(C)CCOc1c(-c2ccccc2)n(C(=O)c2ccccc2)c2c(Br)cc(Br)cc12. The van der Waals surface area contributed by atoms with Gasteiger partial charge in [-0.15, -0.1) is 0 Å². The molecule has 0 aliphatic rings. The molecule has 0 saturated carbocycles. The Morgan fingerprint density at radius 3 is 2.26 bits per heavy atom. The highest BCUT2D eigenvalue weighted by molar-refractivity contribution is 9.11. The van der Waals surface area contributed by atoms with Gasteiger partial charge in [0.25, 0.3) is 5.91 Å².